The molecule has 1 aliphatic rings. The second-order valence-corrected chi connectivity index (χ2v) is 12.5. The lowest BCUT2D eigenvalue weighted by atomic mass is 9.99. The van der Waals surface area contributed by atoms with Crippen LogP contribution >= 0.6 is 22.9 Å². The SMILES string of the molecule is Cc1sc2c(c1C)C(c1ccc(Cl)cc1)=N[C@@H](CC(=O)OC(C)c1ccc(C(=O)Nc3ccccc3N)cc1)c1nnc(C)n1-2. The van der Waals surface area contributed by atoms with Gasteiger partial charge in [0.2, 0.25) is 0 Å². The Morgan fingerprint density at radius 3 is 2.44 bits per heavy atom. The quantitative estimate of drug-likeness (QED) is 0.142. The first-order valence-electron chi connectivity index (χ1n) is 14.4. The van der Waals surface area contributed by atoms with Crippen molar-refractivity contribution < 1.29 is 14.3 Å². The second-order valence-electron chi connectivity index (χ2n) is 10.9. The van der Waals surface area contributed by atoms with Gasteiger partial charge in [-0.1, -0.05) is 48.0 Å². The number of carbonyl (C=O) groups is 2. The Bertz CT molecular complexity index is 1950. The van der Waals surface area contributed by atoms with Crippen molar-refractivity contribution in [1.29, 1.82) is 0 Å². The molecule has 9 nitrogen and oxygen atoms in total. The topological polar surface area (TPSA) is 124 Å². The Morgan fingerprint density at radius 1 is 1.02 bits per heavy atom. The molecule has 1 aliphatic heterocycles. The number of amides is 1. The van der Waals surface area contributed by atoms with Gasteiger partial charge in [0.15, 0.2) is 5.82 Å². The summed E-state index contributed by atoms with van der Waals surface area (Å²) in [6.07, 6.45) is -0.595. The maximum atomic E-state index is 13.4. The van der Waals surface area contributed by atoms with Gasteiger partial charge in [-0.2, -0.15) is 0 Å². The minimum Gasteiger partial charge on any atom is -0.458 e. The van der Waals surface area contributed by atoms with Gasteiger partial charge in [0.25, 0.3) is 5.91 Å². The van der Waals surface area contributed by atoms with Crippen molar-refractivity contribution in [2.45, 2.75) is 46.3 Å². The molecule has 5 aromatic rings. The molecule has 1 amide bonds. The molecule has 0 radical (unpaired) electrons. The van der Waals surface area contributed by atoms with Crippen LogP contribution in [-0.4, -0.2) is 32.4 Å². The molecule has 0 spiro atoms. The van der Waals surface area contributed by atoms with Crippen LogP contribution in [0.3, 0.4) is 0 Å². The van der Waals surface area contributed by atoms with Crippen LogP contribution in [-0.2, 0) is 9.53 Å². The highest BCUT2D eigenvalue weighted by Crippen LogP contribution is 2.40. The zero-order valence-corrected chi connectivity index (χ0v) is 26.7. The highest BCUT2D eigenvalue weighted by atomic mass is 35.5. The molecule has 3 heterocycles. The average Bonchev–Trinajstić information content (AvgIpc) is 3.50. The Hall–Kier alpha value is -4.80. The number of nitrogen functional groups attached to an aromatic ring is 1. The summed E-state index contributed by atoms with van der Waals surface area (Å²) in [6, 6.07) is 20.9. The fourth-order valence-electron chi connectivity index (χ4n) is 5.31. The second kappa shape index (κ2) is 12.3. The van der Waals surface area contributed by atoms with Crippen molar-refractivity contribution in [2.75, 3.05) is 11.1 Å². The number of nitrogens with zero attached hydrogens (tertiary/aromatic N) is 4. The number of anilines is 2. The normalized spacial score (nSPS) is 14.5. The van der Waals surface area contributed by atoms with E-state index in [0.29, 0.717) is 33.6 Å². The van der Waals surface area contributed by atoms with Gasteiger partial charge in [0.05, 0.1) is 23.5 Å². The summed E-state index contributed by atoms with van der Waals surface area (Å²) < 4.78 is 7.87. The molecule has 3 aromatic carbocycles. The molecular weight excluding hydrogens is 608 g/mol. The summed E-state index contributed by atoms with van der Waals surface area (Å²) in [5.74, 6) is 0.576. The number of halogens is 1. The Morgan fingerprint density at radius 2 is 1.73 bits per heavy atom. The number of esters is 1. The molecule has 45 heavy (non-hydrogen) atoms. The van der Waals surface area contributed by atoms with Crippen molar-refractivity contribution >= 4 is 51.9 Å². The molecule has 0 saturated carbocycles. The number of hydrogen-bond donors (Lipinski definition) is 2. The number of nitrogens with two attached hydrogens (primary N) is 1. The summed E-state index contributed by atoms with van der Waals surface area (Å²) in [5, 5.41) is 13.2. The highest BCUT2D eigenvalue weighted by molar-refractivity contribution is 7.15. The zero-order chi connectivity index (χ0) is 31.8. The predicted molar refractivity (Wildman–Crippen MR) is 178 cm³/mol. The van der Waals surface area contributed by atoms with E-state index in [1.165, 1.54) is 4.88 Å². The van der Waals surface area contributed by atoms with Gasteiger partial charge in [0, 0.05) is 26.6 Å². The number of nitrogens with one attached hydrogen (secondary N) is 1. The molecule has 1 unspecified atom stereocenters. The van der Waals surface area contributed by atoms with E-state index in [9.17, 15) is 9.59 Å². The van der Waals surface area contributed by atoms with Crippen LogP contribution in [0.15, 0.2) is 77.8 Å². The van der Waals surface area contributed by atoms with Crippen LogP contribution < -0.4 is 11.1 Å². The van der Waals surface area contributed by atoms with Crippen LogP contribution in [0.5, 0.6) is 0 Å². The smallest absolute Gasteiger partial charge is 0.309 e. The third-order valence-corrected chi connectivity index (χ3v) is 9.32. The van der Waals surface area contributed by atoms with Gasteiger partial charge >= 0.3 is 5.97 Å². The van der Waals surface area contributed by atoms with Gasteiger partial charge < -0.3 is 15.8 Å². The standard InChI is InChI=1S/C34H31ClN6O3S/c1-18-20(3)45-34-30(18)31(23-13-15-25(35)16-14-23)37-28(32-40-39-21(4)41(32)34)17-29(42)44-19(2)22-9-11-24(12-10-22)33(43)38-27-8-6-5-7-26(27)36/h5-16,19,28H,17,36H2,1-4H3,(H,38,43)/t19?,28-/m0/s1. The van der Waals surface area contributed by atoms with Crippen molar-refractivity contribution in [3.8, 4) is 5.00 Å². The van der Waals surface area contributed by atoms with Crippen molar-refractivity contribution in [1.82, 2.24) is 14.8 Å². The average molecular weight is 639 g/mol. The van der Waals surface area contributed by atoms with Crippen molar-refractivity contribution in [3.63, 3.8) is 0 Å². The van der Waals surface area contributed by atoms with E-state index < -0.39 is 18.1 Å². The number of thiophene rings is 1. The molecule has 0 bridgehead atoms. The number of fused-ring (bicyclic) bond motifs is 3. The molecule has 11 heteroatoms. The molecule has 228 valence electrons. The summed E-state index contributed by atoms with van der Waals surface area (Å²) in [6.45, 7) is 7.86. The summed E-state index contributed by atoms with van der Waals surface area (Å²) in [7, 11) is 0. The van der Waals surface area contributed by atoms with Crippen LogP contribution in [0, 0.1) is 20.8 Å². The highest BCUT2D eigenvalue weighted by Gasteiger charge is 2.33. The van der Waals surface area contributed by atoms with Gasteiger partial charge in [-0.15, -0.1) is 21.5 Å². The number of aryl methyl sites for hydroxylation is 2. The van der Waals surface area contributed by atoms with Gasteiger partial charge in [0.1, 0.15) is 23.0 Å². The summed E-state index contributed by atoms with van der Waals surface area (Å²) in [5.41, 5.74) is 11.9. The first kappa shape index (κ1) is 30.2. The number of carbonyl (C=O) groups excluding carboxylic acids is 2. The lowest BCUT2D eigenvalue weighted by Crippen LogP contribution is -2.15. The van der Waals surface area contributed by atoms with E-state index in [0.717, 1.165) is 33.0 Å². The first-order chi connectivity index (χ1) is 21.6. The maximum absolute atomic E-state index is 13.4. The minimum atomic E-state index is -0.632. The third-order valence-electron chi connectivity index (χ3n) is 7.88. The number of ether oxygens (including phenoxy) is 1. The molecule has 0 saturated heterocycles. The van der Waals surface area contributed by atoms with Crippen molar-refractivity contribution in [3.05, 3.63) is 122 Å². The lowest BCUT2D eigenvalue weighted by Gasteiger charge is -2.17. The first-order valence-corrected chi connectivity index (χ1v) is 15.6. The molecule has 0 fully saturated rings. The number of aromatic nitrogens is 3. The number of hydrogen-bond acceptors (Lipinski definition) is 8. The number of benzene rings is 3. The molecule has 2 atom stereocenters. The zero-order valence-electron chi connectivity index (χ0n) is 25.2. The van der Waals surface area contributed by atoms with Gasteiger partial charge in [-0.3, -0.25) is 19.1 Å². The Balaban J connectivity index is 1.23. The van der Waals surface area contributed by atoms with E-state index in [1.54, 1.807) is 66.8 Å². The van der Waals surface area contributed by atoms with Crippen LogP contribution in [0.4, 0.5) is 11.4 Å². The van der Waals surface area contributed by atoms with E-state index in [-0.39, 0.29) is 12.3 Å². The van der Waals surface area contributed by atoms with Crippen LogP contribution in [0.1, 0.15) is 74.6 Å². The third kappa shape index (κ3) is 5.99. The molecule has 6 rings (SSSR count). The minimum absolute atomic E-state index is 0.0362. The fraction of sp³-hybridized carbons (Fsp3) is 0.206. The Kier molecular flexibility index (Phi) is 8.26. The predicted octanol–water partition coefficient (Wildman–Crippen LogP) is 7.33. The van der Waals surface area contributed by atoms with Crippen molar-refractivity contribution in [2.24, 2.45) is 4.99 Å². The lowest BCUT2D eigenvalue weighted by molar-refractivity contribution is -0.149. The van der Waals surface area contributed by atoms with Crippen LogP contribution in [0.2, 0.25) is 5.02 Å². The van der Waals surface area contributed by atoms with E-state index >= 15 is 0 Å². The monoisotopic (exact) mass is 638 g/mol. The van der Waals surface area contributed by atoms with E-state index in [4.69, 9.17) is 27.1 Å². The van der Waals surface area contributed by atoms with Crippen LogP contribution in [0.25, 0.3) is 5.00 Å². The van der Waals surface area contributed by atoms with Gasteiger partial charge in [-0.25, -0.2) is 0 Å². The molecule has 3 N–H and O–H groups in total. The fourth-order valence-corrected chi connectivity index (χ4v) is 6.65. The Labute approximate surface area is 269 Å². The summed E-state index contributed by atoms with van der Waals surface area (Å²) >= 11 is 7.86. The number of aliphatic imine (C=N–C) groups is 1. The largest absolute Gasteiger partial charge is 0.458 e. The number of para-hydroxylation sites is 2. The van der Waals surface area contributed by atoms with E-state index in [2.05, 4.69) is 29.4 Å². The molecule has 0 aliphatic carbocycles. The number of rotatable bonds is 7. The molecule has 2 aromatic heterocycles. The maximum Gasteiger partial charge on any atom is 0.309 e. The molecular formula is C34H31ClN6O3S. The summed E-state index contributed by atoms with van der Waals surface area (Å²) in [4.78, 5) is 32.5. The van der Waals surface area contributed by atoms with Gasteiger partial charge in [-0.05, 0) is 75.2 Å². The van der Waals surface area contributed by atoms with E-state index in [1.807, 2.05) is 35.8 Å².